The highest BCUT2D eigenvalue weighted by Gasteiger charge is 2.24. The van der Waals surface area contributed by atoms with Crippen LogP contribution in [0.2, 0.25) is 0 Å². The fraction of sp³-hybridized carbons (Fsp3) is 0.636. The van der Waals surface area contributed by atoms with E-state index >= 15 is 0 Å². The summed E-state index contributed by atoms with van der Waals surface area (Å²) in [7, 11) is 0. The molecule has 88 valence electrons. The van der Waals surface area contributed by atoms with E-state index in [1.54, 1.807) is 12.4 Å². The van der Waals surface area contributed by atoms with Gasteiger partial charge in [-0.2, -0.15) is 0 Å². The highest BCUT2D eigenvalue weighted by atomic mass is 16.5. The van der Waals surface area contributed by atoms with E-state index in [1.165, 1.54) is 0 Å². The van der Waals surface area contributed by atoms with Crippen LogP contribution in [0.4, 0.5) is 5.82 Å². The van der Waals surface area contributed by atoms with Crippen molar-refractivity contribution >= 4 is 5.82 Å². The molecular weight excluding hydrogens is 206 g/mol. The van der Waals surface area contributed by atoms with Crippen LogP contribution in [0.3, 0.4) is 0 Å². The van der Waals surface area contributed by atoms with Crippen LogP contribution in [0.25, 0.3) is 0 Å². The topological polar surface area (TPSA) is 58.5 Å². The Morgan fingerprint density at radius 1 is 1.50 bits per heavy atom. The Kier molecular flexibility index (Phi) is 3.36. The molecule has 2 atom stereocenters. The van der Waals surface area contributed by atoms with Gasteiger partial charge in [0.25, 0.3) is 0 Å². The summed E-state index contributed by atoms with van der Waals surface area (Å²) in [6.07, 6.45) is 3.52. The molecule has 1 aliphatic heterocycles. The number of hydrogen-bond donors (Lipinski definition) is 1. The Morgan fingerprint density at radius 3 is 3.06 bits per heavy atom. The first-order valence-corrected chi connectivity index (χ1v) is 5.50. The van der Waals surface area contributed by atoms with E-state index in [1.807, 2.05) is 6.92 Å². The Bertz CT molecular complexity index is 359. The minimum Gasteiger partial charge on any atom is -0.390 e. The summed E-state index contributed by atoms with van der Waals surface area (Å²) in [6.45, 7) is 5.58. The van der Waals surface area contributed by atoms with Crippen molar-refractivity contribution in [2.24, 2.45) is 0 Å². The molecule has 0 saturated carbocycles. The van der Waals surface area contributed by atoms with Crippen molar-refractivity contribution in [3.05, 3.63) is 18.1 Å². The second-order valence-corrected chi connectivity index (χ2v) is 4.17. The van der Waals surface area contributed by atoms with Crippen LogP contribution < -0.4 is 4.90 Å². The molecule has 0 bridgehead atoms. The van der Waals surface area contributed by atoms with Crippen molar-refractivity contribution in [1.29, 1.82) is 0 Å². The van der Waals surface area contributed by atoms with Gasteiger partial charge in [0, 0.05) is 6.54 Å². The molecule has 0 aromatic carbocycles. The van der Waals surface area contributed by atoms with Crippen LogP contribution in [0.1, 0.15) is 19.5 Å². The molecule has 2 unspecified atom stereocenters. The van der Waals surface area contributed by atoms with Crippen molar-refractivity contribution in [3.63, 3.8) is 0 Å². The minimum absolute atomic E-state index is 0.0743. The summed E-state index contributed by atoms with van der Waals surface area (Å²) >= 11 is 0. The number of hydrogen-bond acceptors (Lipinski definition) is 5. The standard InChI is InChI=1S/C11H17N3O2/c1-8-7-16-9(2)5-14(8)11-4-12-3-10(6-15)13-11/h3-4,8-9,15H,5-7H2,1-2H3. The van der Waals surface area contributed by atoms with E-state index in [0.29, 0.717) is 18.3 Å². The lowest BCUT2D eigenvalue weighted by Gasteiger charge is -2.37. The van der Waals surface area contributed by atoms with Crippen molar-refractivity contribution in [2.45, 2.75) is 32.6 Å². The Hall–Kier alpha value is -1.20. The summed E-state index contributed by atoms with van der Waals surface area (Å²) in [4.78, 5) is 10.6. The van der Waals surface area contributed by atoms with E-state index in [-0.39, 0.29) is 12.7 Å². The van der Waals surface area contributed by atoms with Crippen LogP contribution in [0.15, 0.2) is 12.4 Å². The van der Waals surface area contributed by atoms with Gasteiger partial charge in [0.2, 0.25) is 0 Å². The minimum atomic E-state index is -0.0743. The zero-order chi connectivity index (χ0) is 11.5. The monoisotopic (exact) mass is 223 g/mol. The van der Waals surface area contributed by atoms with E-state index in [0.717, 1.165) is 12.4 Å². The third kappa shape index (κ3) is 2.31. The van der Waals surface area contributed by atoms with E-state index in [9.17, 15) is 0 Å². The lowest BCUT2D eigenvalue weighted by atomic mass is 10.2. The van der Waals surface area contributed by atoms with Crippen molar-refractivity contribution < 1.29 is 9.84 Å². The Labute approximate surface area is 95.1 Å². The molecule has 0 aliphatic carbocycles. The molecule has 0 amide bonds. The summed E-state index contributed by atoms with van der Waals surface area (Å²) in [6, 6.07) is 0.291. The van der Waals surface area contributed by atoms with Gasteiger partial charge in [0.15, 0.2) is 0 Å². The SMILES string of the molecule is CC1CN(c2cncc(CO)n2)C(C)CO1. The zero-order valence-corrected chi connectivity index (χ0v) is 9.63. The second kappa shape index (κ2) is 4.76. The molecular formula is C11H17N3O2. The fourth-order valence-corrected chi connectivity index (χ4v) is 1.83. The van der Waals surface area contributed by atoms with Gasteiger partial charge < -0.3 is 14.7 Å². The lowest BCUT2D eigenvalue weighted by Crippen LogP contribution is -2.47. The molecule has 1 saturated heterocycles. The Morgan fingerprint density at radius 2 is 2.31 bits per heavy atom. The third-order valence-electron chi connectivity index (χ3n) is 2.74. The van der Waals surface area contributed by atoms with E-state index < -0.39 is 0 Å². The summed E-state index contributed by atoms with van der Waals surface area (Å²) in [5.41, 5.74) is 0.601. The van der Waals surface area contributed by atoms with Gasteiger partial charge in [-0.25, -0.2) is 4.98 Å². The molecule has 5 heteroatoms. The summed E-state index contributed by atoms with van der Waals surface area (Å²) < 4.78 is 5.56. The average molecular weight is 223 g/mol. The van der Waals surface area contributed by atoms with E-state index in [4.69, 9.17) is 9.84 Å². The Balaban J connectivity index is 2.20. The number of rotatable bonds is 2. The van der Waals surface area contributed by atoms with Crippen molar-refractivity contribution in [2.75, 3.05) is 18.1 Å². The number of aliphatic hydroxyl groups is 1. The van der Waals surface area contributed by atoms with Crippen molar-refractivity contribution in [1.82, 2.24) is 9.97 Å². The molecule has 1 aromatic heterocycles. The van der Waals surface area contributed by atoms with Gasteiger partial charge in [-0.15, -0.1) is 0 Å². The van der Waals surface area contributed by atoms with Crippen LogP contribution in [0, 0.1) is 0 Å². The largest absolute Gasteiger partial charge is 0.390 e. The fourth-order valence-electron chi connectivity index (χ4n) is 1.83. The zero-order valence-electron chi connectivity index (χ0n) is 9.63. The maximum atomic E-state index is 9.03. The van der Waals surface area contributed by atoms with Crippen LogP contribution in [-0.2, 0) is 11.3 Å². The number of anilines is 1. The van der Waals surface area contributed by atoms with Crippen LogP contribution in [-0.4, -0.2) is 40.4 Å². The number of aliphatic hydroxyl groups excluding tert-OH is 1. The first kappa shape index (κ1) is 11.3. The predicted octanol–water partition coefficient (Wildman–Crippen LogP) is 0.583. The van der Waals surface area contributed by atoms with Crippen molar-refractivity contribution in [3.8, 4) is 0 Å². The highest BCUT2D eigenvalue weighted by molar-refractivity contribution is 5.38. The number of aromatic nitrogens is 2. The number of ether oxygens (including phenoxy) is 1. The normalized spacial score (nSPS) is 25.8. The molecule has 0 radical (unpaired) electrons. The van der Waals surface area contributed by atoms with Crippen LogP contribution >= 0.6 is 0 Å². The molecule has 1 N–H and O–H groups in total. The maximum absolute atomic E-state index is 9.03. The van der Waals surface area contributed by atoms with Crippen LogP contribution in [0.5, 0.6) is 0 Å². The molecule has 5 nitrogen and oxygen atoms in total. The molecule has 1 aromatic rings. The molecule has 1 aliphatic rings. The molecule has 1 fully saturated rings. The first-order valence-electron chi connectivity index (χ1n) is 5.50. The highest BCUT2D eigenvalue weighted by Crippen LogP contribution is 2.18. The average Bonchev–Trinajstić information content (AvgIpc) is 2.32. The molecule has 2 rings (SSSR count). The molecule has 16 heavy (non-hydrogen) atoms. The third-order valence-corrected chi connectivity index (χ3v) is 2.74. The summed E-state index contributed by atoms with van der Waals surface area (Å²) in [5.74, 6) is 0.814. The molecule has 2 heterocycles. The van der Waals surface area contributed by atoms with Gasteiger partial charge in [-0.05, 0) is 13.8 Å². The predicted molar refractivity (Wildman–Crippen MR) is 60.2 cm³/mol. The van der Waals surface area contributed by atoms with Gasteiger partial charge in [-0.1, -0.05) is 0 Å². The quantitative estimate of drug-likeness (QED) is 0.795. The van der Waals surface area contributed by atoms with Gasteiger partial charge in [-0.3, -0.25) is 4.98 Å². The number of nitrogens with zero attached hydrogens (tertiary/aromatic N) is 3. The van der Waals surface area contributed by atoms with E-state index in [2.05, 4.69) is 21.8 Å². The maximum Gasteiger partial charge on any atom is 0.147 e. The number of morpholine rings is 1. The smallest absolute Gasteiger partial charge is 0.147 e. The lowest BCUT2D eigenvalue weighted by molar-refractivity contribution is 0.0340. The van der Waals surface area contributed by atoms with Gasteiger partial charge in [0.05, 0.1) is 43.4 Å². The first-order chi connectivity index (χ1) is 7.70. The summed E-state index contributed by atoms with van der Waals surface area (Å²) in [5, 5.41) is 9.03. The van der Waals surface area contributed by atoms with Gasteiger partial charge >= 0.3 is 0 Å². The second-order valence-electron chi connectivity index (χ2n) is 4.17. The van der Waals surface area contributed by atoms with Gasteiger partial charge in [0.1, 0.15) is 5.82 Å². The molecule has 0 spiro atoms.